The maximum atomic E-state index is 15.3. The van der Waals surface area contributed by atoms with E-state index in [9.17, 15) is 33.2 Å². The third-order valence-electron chi connectivity index (χ3n) is 3.76. The number of aromatic nitrogens is 2. The van der Waals surface area contributed by atoms with E-state index in [2.05, 4.69) is 30.3 Å². The minimum atomic E-state index is -5.92. The van der Waals surface area contributed by atoms with Gasteiger partial charge >= 0.3 is 23.5 Å². The van der Waals surface area contributed by atoms with Crippen LogP contribution in [0.5, 0.6) is 0 Å². The van der Waals surface area contributed by atoms with Crippen molar-refractivity contribution in [2.24, 2.45) is 0 Å². The molecule has 2 rings (SSSR count). The summed E-state index contributed by atoms with van der Waals surface area (Å²) < 4.78 is 78.2. The van der Waals surface area contributed by atoms with Crippen molar-refractivity contribution in [1.29, 1.82) is 0 Å². The van der Waals surface area contributed by atoms with E-state index in [1.807, 2.05) is 0 Å². The normalized spacial score (nSPS) is 31.5. The summed E-state index contributed by atoms with van der Waals surface area (Å²) in [5.74, 6) is -3.16. The first-order valence-electron chi connectivity index (χ1n) is 7.79. The monoisotopic (exact) mass is 576 g/mol. The van der Waals surface area contributed by atoms with Crippen LogP contribution in [-0.4, -0.2) is 63.5 Å². The Morgan fingerprint density at radius 2 is 1.82 bits per heavy atom. The van der Waals surface area contributed by atoms with Crippen LogP contribution >= 0.6 is 47.9 Å². The molecular weight excluding hydrogens is 563 g/mol. The first-order valence-corrected chi connectivity index (χ1v) is 13.1. The van der Waals surface area contributed by atoms with Crippen LogP contribution in [0.3, 0.4) is 0 Å². The number of hydrogen-bond acceptors (Lipinski definition) is 11. The molecule has 186 valence electrons. The minimum Gasteiger partial charge on any atom is -0.383 e. The number of hydrogen-bond donors (Lipinski definition) is 7. The van der Waals surface area contributed by atoms with Gasteiger partial charge in [0, 0.05) is 6.20 Å². The van der Waals surface area contributed by atoms with E-state index >= 15 is 4.39 Å². The van der Waals surface area contributed by atoms with Gasteiger partial charge in [0.15, 0.2) is 22.9 Å². The molecule has 0 bridgehead atoms. The fraction of sp³-hybridized carbons (Fsp3) is 0.455. The van der Waals surface area contributed by atoms with E-state index in [0.717, 1.165) is 0 Å². The van der Waals surface area contributed by atoms with Crippen molar-refractivity contribution in [1.82, 2.24) is 9.55 Å². The second kappa shape index (κ2) is 9.36. The number of halogens is 2. The molecule has 1 aliphatic heterocycles. The zero-order chi connectivity index (χ0) is 25.6. The van der Waals surface area contributed by atoms with Gasteiger partial charge in [-0.05, 0) is 12.2 Å². The van der Waals surface area contributed by atoms with Crippen LogP contribution < -0.4 is 0 Å². The molecule has 0 aromatic carbocycles. The summed E-state index contributed by atoms with van der Waals surface area (Å²) in [6, 6.07) is 0. The second-order valence-electron chi connectivity index (χ2n) is 6.14. The van der Waals surface area contributed by atoms with Crippen LogP contribution in [-0.2, 0) is 31.6 Å². The van der Waals surface area contributed by atoms with Gasteiger partial charge in [-0.1, -0.05) is 18.1 Å². The third kappa shape index (κ3) is 6.47. The zero-order valence-corrected chi connectivity index (χ0v) is 19.7. The van der Waals surface area contributed by atoms with Crippen molar-refractivity contribution in [3.8, 4) is 12.3 Å². The van der Waals surface area contributed by atoms with Crippen LogP contribution in [0.1, 0.15) is 6.23 Å². The largest absolute Gasteiger partial charge is 0.490 e. The molecule has 1 aromatic rings. The number of aliphatic hydroxyl groups is 2. The predicted molar refractivity (Wildman–Crippen MR) is 104 cm³/mol. The topological polar surface area (TPSA) is 230 Å². The Morgan fingerprint density at radius 3 is 2.33 bits per heavy atom. The summed E-state index contributed by atoms with van der Waals surface area (Å²) in [7, 11) is -17.5. The molecule has 0 spiro atoms. The summed E-state index contributed by atoms with van der Waals surface area (Å²) in [5, 5.41) is 20.8. The van der Waals surface area contributed by atoms with Crippen molar-refractivity contribution in [2.45, 2.75) is 23.8 Å². The average molecular weight is 576 g/mol. The number of aliphatic hydroxyl groups excluding tert-OH is 1. The molecule has 7 N–H and O–H groups in total. The number of phosphoric ester groups is 1. The number of alkyl halides is 1. The number of terminal acetylenes is 1. The number of aromatic amines is 1. The van der Waals surface area contributed by atoms with E-state index in [1.165, 1.54) is 0 Å². The maximum absolute atomic E-state index is 15.3. The highest BCUT2D eigenvalue weighted by atomic mass is 32.1. The summed E-state index contributed by atoms with van der Waals surface area (Å²) in [5.41, 5.74) is -2.99. The fourth-order valence-corrected chi connectivity index (χ4v) is 5.94. The minimum absolute atomic E-state index is 0.454. The van der Waals surface area contributed by atoms with Crippen molar-refractivity contribution in [2.75, 3.05) is 6.61 Å². The molecule has 0 amide bonds. The maximum Gasteiger partial charge on any atom is 0.490 e. The van der Waals surface area contributed by atoms with E-state index in [1.54, 1.807) is 5.92 Å². The second-order valence-corrected chi connectivity index (χ2v) is 11.4. The molecule has 1 aliphatic rings. The number of nitrogens with zero attached hydrogens (tertiary/aromatic N) is 1. The van der Waals surface area contributed by atoms with E-state index in [4.69, 9.17) is 38.1 Å². The van der Waals surface area contributed by atoms with E-state index in [-0.39, 0.29) is 0 Å². The van der Waals surface area contributed by atoms with Crippen molar-refractivity contribution in [3.63, 3.8) is 0 Å². The van der Waals surface area contributed by atoms with Crippen LogP contribution in [0, 0.1) is 27.6 Å². The Hall–Kier alpha value is -0.770. The smallest absolute Gasteiger partial charge is 0.383 e. The Bertz CT molecular complexity index is 1250. The summed E-state index contributed by atoms with van der Waals surface area (Å²) in [6.07, 6.45) is 0.762. The highest BCUT2D eigenvalue weighted by Gasteiger charge is 2.65. The van der Waals surface area contributed by atoms with Crippen molar-refractivity contribution >= 4 is 47.9 Å². The highest BCUT2D eigenvalue weighted by molar-refractivity contribution is 7.72. The van der Waals surface area contributed by atoms with Crippen LogP contribution in [0.4, 0.5) is 8.78 Å². The Balaban J connectivity index is 2.32. The molecule has 3 unspecified atom stereocenters. The van der Waals surface area contributed by atoms with Crippen molar-refractivity contribution < 1.29 is 70.1 Å². The van der Waals surface area contributed by atoms with Crippen LogP contribution in [0.2, 0.25) is 0 Å². The lowest BCUT2D eigenvalue weighted by Gasteiger charge is -2.27. The van der Waals surface area contributed by atoms with Gasteiger partial charge in [-0.2, -0.15) is 8.62 Å². The molecule has 0 radical (unpaired) electrons. The SMILES string of the molecule is C#C[C@@]1(O)C(O)[C@@](F)(COP(=O)(O)OP(=O)(O)OP(=O)(O)O)O[C@H]1n1cc(F)c(=S)[nH]c1=S. The molecule has 0 aliphatic carbocycles. The number of phosphoric acid groups is 3. The molecule has 6 atom stereocenters. The Labute approximate surface area is 192 Å². The molecule has 1 fully saturated rings. The van der Waals surface area contributed by atoms with Gasteiger partial charge in [-0.15, -0.1) is 6.42 Å². The molecule has 33 heavy (non-hydrogen) atoms. The van der Waals surface area contributed by atoms with Gasteiger partial charge in [0.2, 0.25) is 5.60 Å². The first-order chi connectivity index (χ1) is 14.8. The highest BCUT2D eigenvalue weighted by Crippen LogP contribution is 2.66. The lowest BCUT2D eigenvalue weighted by molar-refractivity contribution is -0.204. The Kier molecular flexibility index (Phi) is 8.07. The third-order valence-corrected chi connectivity index (χ3v) is 8.15. The molecule has 15 nitrogen and oxygen atoms in total. The van der Waals surface area contributed by atoms with Crippen molar-refractivity contribution in [3.05, 3.63) is 21.4 Å². The molecule has 22 heteroatoms. The van der Waals surface area contributed by atoms with Gasteiger partial charge in [0.25, 0.3) is 5.85 Å². The van der Waals surface area contributed by atoms with Gasteiger partial charge in [0.1, 0.15) is 11.2 Å². The van der Waals surface area contributed by atoms with E-state index < -0.39 is 69.1 Å². The number of H-pyrrole nitrogens is 1. The van der Waals surface area contributed by atoms with Gasteiger partial charge < -0.3 is 39.5 Å². The molecule has 1 aromatic heterocycles. The molecule has 2 heterocycles. The summed E-state index contributed by atoms with van der Waals surface area (Å²) >= 11 is 9.48. The number of ether oxygens (including phenoxy) is 1. The predicted octanol–water partition coefficient (Wildman–Crippen LogP) is 0.677. The quantitative estimate of drug-likeness (QED) is 0.128. The molecular formula is C11H13F2N2O13P3S2. The average Bonchev–Trinajstić information content (AvgIpc) is 2.82. The summed E-state index contributed by atoms with van der Waals surface area (Å²) in [4.78, 5) is 37.6. The lowest BCUT2D eigenvalue weighted by Crippen LogP contribution is -2.50. The van der Waals surface area contributed by atoms with Gasteiger partial charge in [0.05, 0.1) is 0 Å². The van der Waals surface area contributed by atoms with Gasteiger partial charge in [-0.3, -0.25) is 9.09 Å². The Morgan fingerprint density at radius 1 is 1.24 bits per heavy atom. The van der Waals surface area contributed by atoms with Gasteiger partial charge in [-0.25, -0.2) is 22.5 Å². The first kappa shape index (κ1) is 28.5. The zero-order valence-electron chi connectivity index (χ0n) is 15.4. The molecule has 0 saturated carbocycles. The van der Waals surface area contributed by atoms with Crippen LogP contribution in [0.15, 0.2) is 6.20 Å². The summed E-state index contributed by atoms with van der Waals surface area (Å²) in [6.45, 7) is -1.84. The number of nitrogens with one attached hydrogen (secondary N) is 1. The molecule has 1 saturated heterocycles. The van der Waals surface area contributed by atoms with Crippen LogP contribution in [0.25, 0.3) is 0 Å². The van der Waals surface area contributed by atoms with E-state index in [0.29, 0.717) is 10.8 Å². The lowest BCUT2D eigenvalue weighted by atomic mass is 9.94. The fourth-order valence-electron chi connectivity index (χ4n) is 2.44. The standard InChI is InChI=1S/C11H13F2N2O13P3S2/c1-2-10(17)7(16)11(13,26-8(10)15-3-5(12)6(32)14-9(15)33)4-25-30(21,22)28-31(23,24)27-29(18,19)20/h1,3,7-8,16-17H,4H2,(H,21,22)(H,23,24)(H,14,32,33)(H2,18,19,20)/t7?,8-,10-,11-/m1/s1. The number of rotatable bonds is 8.